The maximum Gasteiger partial charge on any atom is 0.297 e. The topological polar surface area (TPSA) is 80.1 Å². The van der Waals surface area contributed by atoms with Crippen LogP contribution in [-0.4, -0.2) is 74.4 Å². The van der Waals surface area contributed by atoms with Crippen molar-refractivity contribution < 1.29 is 18.7 Å². The van der Waals surface area contributed by atoms with E-state index in [0.717, 1.165) is 38.3 Å². The predicted octanol–water partition coefficient (Wildman–Crippen LogP) is 2.69. The van der Waals surface area contributed by atoms with Crippen molar-refractivity contribution in [3.63, 3.8) is 0 Å². The second kappa shape index (κ2) is 10.9. The summed E-state index contributed by atoms with van der Waals surface area (Å²) in [5.41, 5.74) is 1.76. The third-order valence-electron chi connectivity index (χ3n) is 5.63. The maximum absolute atomic E-state index is 12.5. The molecule has 2 aliphatic rings. The zero-order valence-corrected chi connectivity index (χ0v) is 19.6. The van der Waals surface area contributed by atoms with E-state index < -0.39 is 0 Å². The van der Waals surface area contributed by atoms with Gasteiger partial charge in [0.15, 0.2) is 0 Å². The molecule has 1 amide bonds. The molecule has 0 spiro atoms. The lowest BCUT2D eigenvalue weighted by molar-refractivity contribution is -0.121. The first-order valence-electron chi connectivity index (χ1n) is 10.8. The number of carbonyl (C=O) groups is 1. The van der Waals surface area contributed by atoms with Gasteiger partial charge in [0.25, 0.3) is 6.01 Å². The molecule has 1 aromatic heterocycles. The summed E-state index contributed by atoms with van der Waals surface area (Å²) in [6.45, 7) is 8.00. The van der Waals surface area contributed by atoms with Crippen molar-refractivity contribution in [2.75, 3.05) is 57.4 Å². The molecule has 1 aromatic carbocycles. The number of hydrogen-bond donors (Lipinski definition) is 1. The van der Waals surface area contributed by atoms with Crippen molar-refractivity contribution >= 4 is 35.1 Å². The molecule has 8 nitrogen and oxygen atoms in total. The fourth-order valence-corrected chi connectivity index (χ4v) is 4.17. The molecule has 2 fully saturated rings. The lowest BCUT2D eigenvalue weighted by Gasteiger charge is -2.33. The molecule has 174 valence electrons. The molecule has 2 aliphatic heterocycles. The zero-order chi connectivity index (χ0) is 22.5. The molecule has 1 atom stereocenters. The van der Waals surface area contributed by atoms with Crippen LogP contribution in [0.1, 0.15) is 17.0 Å². The number of ether oxygens (including phenoxy) is 2. The largest absolute Gasteiger partial charge is 0.429 e. The molecule has 0 radical (unpaired) electrons. The normalized spacial score (nSPS) is 19.8. The number of aromatic nitrogens is 1. The highest BCUT2D eigenvalue weighted by Gasteiger charge is 2.23. The Morgan fingerprint density at radius 3 is 2.78 bits per heavy atom. The second-order valence-corrected chi connectivity index (χ2v) is 8.87. The van der Waals surface area contributed by atoms with Gasteiger partial charge in [-0.05, 0) is 24.6 Å². The van der Waals surface area contributed by atoms with Crippen LogP contribution in [0.3, 0.4) is 0 Å². The molecule has 3 heterocycles. The molecular weight excluding hydrogens is 455 g/mol. The van der Waals surface area contributed by atoms with Gasteiger partial charge in [-0.3, -0.25) is 9.69 Å². The molecule has 2 saturated heterocycles. The number of rotatable bonds is 7. The SMILES string of the molecule is Cc1oc(N2CCOCC2)nc1CC(=O)NC[C@H]1CN(Cc2ccc(Cl)c(Cl)c2)CCO1. The van der Waals surface area contributed by atoms with Crippen molar-refractivity contribution in [1.82, 2.24) is 15.2 Å². The highest BCUT2D eigenvalue weighted by atomic mass is 35.5. The number of benzene rings is 1. The molecule has 2 aromatic rings. The van der Waals surface area contributed by atoms with E-state index in [0.29, 0.717) is 53.9 Å². The first-order valence-corrected chi connectivity index (χ1v) is 11.6. The monoisotopic (exact) mass is 482 g/mol. The molecule has 0 saturated carbocycles. The average molecular weight is 483 g/mol. The number of morpholine rings is 2. The standard InChI is InChI=1S/C22H28Cl2N4O4/c1-15-20(26-22(32-15)28-5-7-30-8-6-28)11-21(29)25-12-17-14-27(4-9-31-17)13-16-2-3-18(23)19(24)10-16/h2-3,10,17H,4-9,11-14H2,1H3,(H,25,29)/t17-/m0/s1. The van der Waals surface area contributed by atoms with Crippen LogP contribution in [0.5, 0.6) is 0 Å². The van der Waals surface area contributed by atoms with Gasteiger partial charge in [-0.1, -0.05) is 29.3 Å². The Kier molecular flexibility index (Phi) is 7.91. The Balaban J connectivity index is 1.24. The first-order chi connectivity index (χ1) is 15.5. The number of hydrogen-bond acceptors (Lipinski definition) is 7. The van der Waals surface area contributed by atoms with E-state index in [4.69, 9.17) is 37.1 Å². The fraction of sp³-hybridized carbons (Fsp3) is 0.545. The molecule has 0 bridgehead atoms. The van der Waals surface area contributed by atoms with E-state index in [1.54, 1.807) is 0 Å². The number of oxazole rings is 1. The van der Waals surface area contributed by atoms with E-state index in [1.165, 1.54) is 0 Å². The van der Waals surface area contributed by atoms with Gasteiger partial charge in [0.2, 0.25) is 5.91 Å². The molecule has 0 unspecified atom stereocenters. The number of carbonyl (C=O) groups excluding carboxylic acids is 1. The van der Waals surface area contributed by atoms with Gasteiger partial charge < -0.3 is 24.1 Å². The molecule has 4 rings (SSSR count). The van der Waals surface area contributed by atoms with Crippen LogP contribution in [0, 0.1) is 6.92 Å². The number of nitrogens with one attached hydrogen (secondary N) is 1. The first kappa shape index (κ1) is 23.3. The highest BCUT2D eigenvalue weighted by Crippen LogP contribution is 2.24. The van der Waals surface area contributed by atoms with E-state index in [9.17, 15) is 4.79 Å². The predicted molar refractivity (Wildman–Crippen MR) is 122 cm³/mol. The fourth-order valence-electron chi connectivity index (χ4n) is 3.85. The summed E-state index contributed by atoms with van der Waals surface area (Å²) in [6.07, 6.45) is 0.108. The third-order valence-corrected chi connectivity index (χ3v) is 6.37. The zero-order valence-electron chi connectivity index (χ0n) is 18.1. The van der Waals surface area contributed by atoms with E-state index >= 15 is 0 Å². The lowest BCUT2D eigenvalue weighted by Crippen LogP contribution is -2.47. The second-order valence-electron chi connectivity index (χ2n) is 8.06. The van der Waals surface area contributed by atoms with Gasteiger partial charge in [0, 0.05) is 39.3 Å². The quantitative estimate of drug-likeness (QED) is 0.649. The third kappa shape index (κ3) is 6.14. The Hall–Kier alpha value is -1.84. The van der Waals surface area contributed by atoms with Crippen LogP contribution in [0.25, 0.3) is 0 Å². The van der Waals surface area contributed by atoms with Crippen molar-refractivity contribution in [2.24, 2.45) is 0 Å². The van der Waals surface area contributed by atoms with Crippen LogP contribution >= 0.6 is 23.2 Å². The number of aryl methyl sites for hydroxylation is 1. The highest BCUT2D eigenvalue weighted by molar-refractivity contribution is 6.42. The number of anilines is 1. The van der Waals surface area contributed by atoms with Gasteiger partial charge in [-0.15, -0.1) is 0 Å². The van der Waals surface area contributed by atoms with Gasteiger partial charge in [0.05, 0.1) is 48.1 Å². The summed E-state index contributed by atoms with van der Waals surface area (Å²) in [5, 5.41) is 4.08. The van der Waals surface area contributed by atoms with Crippen LogP contribution in [0.15, 0.2) is 22.6 Å². The van der Waals surface area contributed by atoms with Crippen molar-refractivity contribution in [3.8, 4) is 0 Å². The minimum Gasteiger partial charge on any atom is -0.429 e. The van der Waals surface area contributed by atoms with Crippen molar-refractivity contribution in [1.29, 1.82) is 0 Å². The Morgan fingerprint density at radius 1 is 1.19 bits per heavy atom. The van der Waals surface area contributed by atoms with Crippen LogP contribution in [-0.2, 0) is 27.2 Å². The smallest absolute Gasteiger partial charge is 0.297 e. The van der Waals surface area contributed by atoms with Gasteiger partial charge >= 0.3 is 0 Å². The molecular formula is C22H28Cl2N4O4. The summed E-state index contributed by atoms with van der Waals surface area (Å²) < 4.78 is 17.0. The Labute approximate surface area is 197 Å². The average Bonchev–Trinajstić information content (AvgIpc) is 3.16. The van der Waals surface area contributed by atoms with Gasteiger partial charge in [0.1, 0.15) is 5.76 Å². The van der Waals surface area contributed by atoms with E-state index in [1.807, 2.05) is 30.0 Å². The Morgan fingerprint density at radius 2 is 2.00 bits per heavy atom. The van der Waals surface area contributed by atoms with Crippen molar-refractivity contribution in [2.45, 2.75) is 26.0 Å². The van der Waals surface area contributed by atoms with Crippen LogP contribution in [0.2, 0.25) is 10.0 Å². The number of amides is 1. The van der Waals surface area contributed by atoms with Gasteiger partial charge in [-0.2, -0.15) is 4.98 Å². The van der Waals surface area contributed by atoms with Crippen LogP contribution < -0.4 is 10.2 Å². The van der Waals surface area contributed by atoms with E-state index in [-0.39, 0.29) is 18.4 Å². The maximum atomic E-state index is 12.5. The molecule has 10 heteroatoms. The number of nitrogens with zero attached hydrogens (tertiary/aromatic N) is 3. The van der Waals surface area contributed by atoms with Gasteiger partial charge in [-0.25, -0.2) is 0 Å². The minimum absolute atomic E-state index is 0.0715. The summed E-state index contributed by atoms with van der Waals surface area (Å²) in [7, 11) is 0. The van der Waals surface area contributed by atoms with Crippen LogP contribution in [0.4, 0.5) is 6.01 Å². The molecule has 1 N–H and O–H groups in total. The Bertz CT molecular complexity index is 933. The summed E-state index contributed by atoms with van der Waals surface area (Å²) in [4.78, 5) is 21.4. The lowest BCUT2D eigenvalue weighted by atomic mass is 10.2. The summed E-state index contributed by atoms with van der Waals surface area (Å²) >= 11 is 12.1. The molecule has 0 aliphatic carbocycles. The number of halogens is 2. The molecule has 32 heavy (non-hydrogen) atoms. The summed E-state index contributed by atoms with van der Waals surface area (Å²) in [6, 6.07) is 6.24. The summed E-state index contributed by atoms with van der Waals surface area (Å²) in [5.74, 6) is 0.573. The van der Waals surface area contributed by atoms with Crippen molar-refractivity contribution in [3.05, 3.63) is 45.3 Å². The minimum atomic E-state index is -0.0971. The van der Waals surface area contributed by atoms with E-state index in [2.05, 4.69) is 15.2 Å².